The van der Waals surface area contributed by atoms with Crippen molar-refractivity contribution >= 4 is 11.9 Å². The lowest BCUT2D eigenvalue weighted by molar-refractivity contribution is -0.140. The Balaban J connectivity index is 2.94. The zero-order valence-corrected chi connectivity index (χ0v) is 11.2. The quantitative estimate of drug-likeness (QED) is 0.859. The molecule has 0 saturated heterocycles. The van der Waals surface area contributed by atoms with Gasteiger partial charge in [0.2, 0.25) is 0 Å². The first-order chi connectivity index (χ1) is 8.32. The number of carbonyl (C=O) groups is 2. The number of rotatable bonds is 4. The van der Waals surface area contributed by atoms with E-state index in [2.05, 4.69) is 5.32 Å². The number of aliphatic carboxylic acids is 1. The van der Waals surface area contributed by atoms with Crippen LogP contribution in [0.5, 0.6) is 0 Å². The summed E-state index contributed by atoms with van der Waals surface area (Å²) in [5.41, 5.74) is 2.34. The van der Waals surface area contributed by atoms with Gasteiger partial charge >= 0.3 is 5.97 Å². The van der Waals surface area contributed by atoms with Gasteiger partial charge in [-0.15, -0.1) is 0 Å². The monoisotopic (exact) mass is 249 g/mol. The second kappa shape index (κ2) is 5.67. The Morgan fingerprint density at radius 2 is 1.83 bits per heavy atom. The van der Waals surface area contributed by atoms with E-state index in [1.165, 1.54) is 0 Å². The maximum atomic E-state index is 12.1. The molecule has 0 fully saturated rings. The molecule has 0 aliphatic rings. The molecular formula is C14H19NO3. The third-order valence-corrected chi connectivity index (χ3v) is 2.86. The molecule has 1 amide bonds. The first-order valence-electron chi connectivity index (χ1n) is 5.94. The van der Waals surface area contributed by atoms with Crippen molar-refractivity contribution < 1.29 is 14.7 Å². The first kappa shape index (κ1) is 14.2. The van der Waals surface area contributed by atoms with Crippen molar-refractivity contribution in [1.29, 1.82) is 0 Å². The van der Waals surface area contributed by atoms with Crippen LogP contribution in [0.3, 0.4) is 0 Å². The van der Waals surface area contributed by atoms with Gasteiger partial charge in [-0.25, -0.2) is 4.79 Å². The lowest BCUT2D eigenvalue weighted by Crippen LogP contribution is -2.44. The summed E-state index contributed by atoms with van der Waals surface area (Å²) in [6, 6.07) is 4.68. The Morgan fingerprint density at radius 1 is 1.22 bits per heavy atom. The summed E-state index contributed by atoms with van der Waals surface area (Å²) in [6.07, 6.45) is 0. The van der Waals surface area contributed by atoms with Gasteiger partial charge in [-0.2, -0.15) is 0 Å². The highest BCUT2D eigenvalue weighted by Crippen LogP contribution is 2.12. The molecule has 0 aliphatic carbocycles. The van der Waals surface area contributed by atoms with E-state index < -0.39 is 12.0 Å². The summed E-state index contributed by atoms with van der Waals surface area (Å²) in [4.78, 5) is 23.1. The van der Waals surface area contributed by atoms with Crippen LogP contribution in [0.2, 0.25) is 0 Å². The van der Waals surface area contributed by atoms with Gasteiger partial charge in [-0.05, 0) is 31.4 Å². The van der Waals surface area contributed by atoms with Crippen LogP contribution in [0.4, 0.5) is 0 Å². The summed E-state index contributed by atoms with van der Waals surface area (Å²) in [5.74, 6) is -1.50. The highest BCUT2D eigenvalue weighted by Gasteiger charge is 2.24. The molecular weight excluding hydrogens is 230 g/mol. The third kappa shape index (κ3) is 3.32. The number of amides is 1. The van der Waals surface area contributed by atoms with E-state index >= 15 is 0 Å². The Hall–Kier alpha value is -1.84. The molecule has 1 atom stereocenters. The number of hydrogen-bond donors (Lipinski definition) is 2. The highest BCUT2D eigenvalue weighted by molar-refractivity contribution is 5.98. The molecule has 0 radical (unpaired) electrons. The van der Waals surface area contributed by atoms with Gasteiger partial charge in [-0.1, -0.05) is 31.5 Å². The molecule has 0 spiro atoms. The average Bonchev–Trinajstić information content (AvgIpc) is 2.28. The molecule has 0 aliphatic heterocycles. The van der Waals surface area contributed by atoms with E-state index in [1.54, 1.807) is 19.9 Å². The third-order valence-electron chi connectivity index (χ3n) is 2.86. The molecule has 0 aromatic heterocycles. The second-order valence-electron chi connectivity index (χ2n) is 4.85. The van der Waals surface area contributed by atoms with Crippen LogP contribution >= 0.6 is 0 Å². The van der Waals surface area contributed by atoms with Crippen molar-refractivity contribution in [2.45, 2.75) is 33.7 Å². The van der Waals surface area contributed by atoms with E-state index in [9.17, 15) is 9.59 Å². The van der Waals surface area contributed by atoms with Crippen LogP contribution in [-0.2, 0) is 4.79 Å². The predicted molar refractivity (Wildman–Crippen MR) is 69.6 cm³/mol. The minimum Gasteiger partial charge on any atom is -0.480 e. The van der Waals surface area contributed by atoms with Gasteiger partial charge in [0.1, 0.15) is 6.04 Å². The number of aryl methyl sites for hydroxylation is 2. The largest absolute Gasteiger partial charge is 0.480 e. The molecule has 1 aromatic carbocycles. The van der Waals surface area contributed by atoms with Crippen molar-refractivity contribution in [3.63, 3.8) is 0 Å². The van der Waals surface area contributed by atoms with Gasteiger partial charge in [0.15, 0.2) is 0 Å². The Kier molecular flexibility index (Phi) is 4.48. The molecule has 2 N–H and O–H groups in total. The summed E-state index contributed by atoms with van der Waals surface area (Å²) in [7, 11) is 0. The SMILES string of the molecule is Cc1ccc(C)c(C(=O)N[C@@H](C(=O)O)C(C)C)c1. The van der Waals surface area contributed by atoms with E-state index in [4.69, 9.17) is 5.11 Å². The van der Waals surface area contributed by atoms with E-state index in [-0.39, 0.29) is 11.8 Å². The number of carboxylic acid groups (broad SMARTS) is 1. The zero-order valence-electron chi connectivity index (χ0n) is 11.2. The van der Waals surface area contributed by atoms with Crippen molar-refractivity contribution in [2.24, 2.45) is 5.92 Å². The molecule has 18 heavy (non-hydrogen) atoms. The molecule has 4 heteroatoms. The Morgan fingerprint density at radius 3 is 2.33 bits per heavy atom. The van der Waals surface area contributed by atoms with Crippen LogP contribution in [0.1, 0.15) is 35.3 Å². The number of carbonyl (C=O) groups excluding carboxylic acids is 1. The fourth-order valence-corrected chi connectivity index (χ4v) is 1.71. The van der Waals surface area contributed by atoms with Gasteiger partial charge < -0.3 is 10.4 Å². The van der Waals surface area contributed by atoms with Crippen LogP contribution in [-0.4, -0.2) is 23.0 Å². The fraction of sp³-hybridized carbons (Fsp3) is 0.429. The molecule has 1 aromatic rings. The van der Waals surface area contributed by atoms with Crippen LogP contribution < -0.4 is 5.32 Å². The zero-order chi connectivity index (χ0) is 13.9. The maximum Gasteiger partial charge on any atom is 0.326 e. The minimum atomic E-state index is -1.01. The fourth-order valence-electron chi connectivity index (χ4n) is 1.71. The van der Waals surface area contributed by atoms with Crippen molar-refractivity contribution in [1.82, 2.24) is 5.32 Å². The topological polar surface area (TPSA) is 66.4 Å². The maximum absolute atomic E-state index is 12.1. The lowest BCUT2D eigenvalue weighted by atomic mass is 10.0. The normalized spacial score (nSPS) is 12.3. The first-order valence-corrected chi connectivity index (χ1v) is 5.94. The van der Waals surface area contributed by atoms with Gasteiger partial charge in [0.25, 0.3) is 5.91 Å². The second-order valence-corrected chi connectivity index (χ2v) is 4.85. The number of nitrogens with one attached hydrogen (secondary N) is 1. The minimum absolute atomic E-state index is 0.156. The summed E-state index contributed by atoms with van der Waals surface area (Å²) in [5, 5.41) is 11.6. The summed E-state index contributed by atoms with van der Waals surface area (Å²) in [6.45, 7) is 7.26. The number of hydrogen-bond acceptors (Lipinski definition) is 2. The molecule has 0 bridgehead atoms. The lowest BCUT2D eigenvalue weighted by Gasteiger charge is -2.18. The molecule has 98 valence electrons. The van der Waals surface area contributed by atoms with Crippen molar-refractivity contribution in [3.8, 4) is 0 Å². The average molecular weight is 249 g/mol. The smallest absolute Gasteiger partial charge is 0.326 e. The highest BCUT2D eigenvalue weighted by atomic mass is 16.4. The van der Waals surface area contributed by atoms with Crippen LogP contribution in [0.15, 0.2) is 18.2 Å². The van der Waals surface area contributed by atoms with Gasteiger partial charge in [0.05, 0.1) is 0 Å². The molecule has 0 unspecified atom stereocenters. The van der Waals surface area contributed by atoms with E-state index in [0.29, 0.717) is 5.56 Å². The Labute approximate surface area is 107 Å². The van der Waals surface area contributed by atoms with Gasteiger partial charge in [0, 0.05) is 5.56 Å². The number of benzene rings is 1. The predicted octanol–water partition coefficient (Wildman–Crippen LogP) is 2.14. The van der Waals surface area contributed by atoms with Gasteiger partial charge in [-0.3, -0.25) is 4.79 Å². The van der Waals surface area contributed by atoms with Crippen LogP contribution in [0.25, 0.3) is 0 Å². The van der Waals surface area contributed by atoms with E-state index in [0.717, 1.165) is 11.1 Å². The Bertz CT molecular complexity index is 466. The molecule has 1 rings (SSSR count). The van der Waals surface area contributed by atoms with E-state index in [1.807, 2.05) is 26.0 Å². The molecule has 0 saturated carbocycles. The summed E-state index contributed by atoms with van der Waals surface area (Å²) >= 11 is 0. The number of carboxylic acids is 1. The van der Waals surface area contributed by atoms with Crippen molar-refractivity contribution in [3.05, 3.63) is 34.9 Å². The molecule has 4 nitrogen and oxygen atoms in total. The molecule has 0 heterocycles. The van der Waals surface area contributed by atoms with Crippen LogP contribution in [0, 0.1) is 19.8 Å². The summed E-state index contributed by atoms with van der Waals surface area (Å²) < 4.78 is 0. The standard InChI is InChI=1S/C14H19NO3/c1-8(2)12(14(17)18)15-13(16)11-7-9(3)5-6-10(11)4/h5-8,12H,1-4H3,(H,15,16)(H,17,18)/t12-/m1/s1. The van der Waals surface area contributed by atoms with Crippen molar-refractivity contribution in [2.75, 3.05) is 0 Å².